The van der Waals surface area contributed by atoms with E-state index in [-0.39, 0.29) is 13.0 Å². The molecule has 0 fully saturated rings. The largest absolute Gasteiger partial charge is 0.466 e. The Morgan fingerprint density at radius 3 is 2.95 bits per heavy atom. The molecule has 0 unspecified atom stereocenters. The Bertz CT molecular complexity index is 677. The summed E-state index contributed by atoms with van der Waals surface area (Å²) in [6.45, 7) is 1.93. The minimum atomic E-state index is -0.570. The summed E-state index contributed by atoms with van der Waals surface area (Å²) in [4.78, 5) is 26.8. The van der Waals surface area contributed by atoms with Gasteiger partial charge in [0.25, 0.3) is 5.91 Å². The zero-order valence-corrected chi connectivity index (χ0v) is 11.6. The monoisotopic (exact) mass is 285 g/mol. The highest BCUT2D eigenvalue weighted by molar-refractivity contribution is 5.99. The van der Waals surface area contributed by atoms with Gasteiger partial charge in [0.15, 0.2) is 0 Å². The standard InChI is InChI=1S/C15H15N3O3/c1-2-21-15(20)9-14(19)18-17-10-11-7-8-16-13-6-4-3-5-12(11)13/h3-8,10H,2,9H2,1H3,(H,18,19)/b17-10+. The molecule has 0 aliphatic rings. The molecule has 0 radical (unpaired) electrons. The van der Waals surface area contributed by atoms with Crippen molar-refractivity contribution < 1.29 is 14.3 Å². The molecule has 21 heavy (non-hydrogen) atoms. The summed E-state index contributed by atoms with van der Waals surface area (Å²) in [6, 6.07) is 9.41. The maximum Gasteiger partial charge on any atom is 0.315 e. The summed E-state index contributed by atoms with van der Waals surface area (Å²) in [5, 5.41) is 4.78. The molecule has 0 saturated heterocycles. The molecule has 1 heterocycles. The van der Waals surface area contributed by atoms with Crippen molar-refractivity contribution in [3.05, 3.63) is 42.1 Å². The number of aromatic nitrogens is 1. The fourth-order valence-electron chi connectivity index (χ4n) is 1.79. The van der Waals surface area contributed by atoms with Gasteiger partial charge >= 0.3 is 5.97 Å². The van der Waals surface area contributed by atoms with Crippen molar-refractivity contribution in [1.29, 1.82) is 0 Å². The summed E-state index contributed by atoms with van der Waals surface area (Å²) in [6.07, 6.45) is 2.85. The third-order valence-electron chi connectivity index (χ3n) is 2.69. The van der Waals surface area contributed by atoms with Gasteiger partial charge in [0.2, 0.25) is 0 Å². The van der Waals surface area contributed by atoms with Crippen LogP contribution in [0.25, 0.3) is 10.9 Å². The van der Waals surface area contributed by atoms with Crippen LogP contribution in [0.15, 0.2) is 41.6 Å². The average molecular weight is 285 g/mol. The number of rotatable bonds is 5. The maximum absolute atomic E-state index is 11.4. The number of amides is 1. The van der Waals surface area contributed by atoms with Gasteiger partial charge in [-0.25, -0.2) is 5.43 Å². The van der Waals surface area contributed by atoms with Gasteiger partial charge < -0.3 is 4.74 Å². The molecule has 0 saturated carbocycles. The number of hydrazone groups is 1. The Morgan fingerprint density at radius 2 is 2.14 bits per heavy atom. The molecule has 0 bridgehead atoms. The van der Waals surface area contributed by atoms with Crippen molar-refractivity contribution in [2.24, 2.45) is 5.10 Å². The summed E-state index contributed by atoms with van der Waals surface area (Å²) in [5.74, 6) is -1.08. The van der Waals surface area contributed by atoms with E-state index in [1.54, 1.807) is 19.2 Å². The highest BCUT2D eigenvalue weighted by atomic mass is 16.5. The zero-order chi connectivity index (χ0) is 15.1. The molecule has 6 nitrogen and oxygen atoms in total. The van der Waals surface area contributed by atoms with Gasteiger partial charge in [0.1, 0.15) is 6.42 Å². The van der Waals surface area contributed by atoms with Gasteiger partial charge in [-0.05, 0) is 19.1 Å². The van der Waals surface area contributed by atoms with Gasteiger partial charge in [0.05, 0.1) is 18.3 Å². The molecule has 0 aliphatic heterocycles. The number of esters is 1. The number of nitrogens with zero attached hydrogens (tertiary/aromatic N) is 2. The number of ether oxygens (including phenoxy) is 1. The topological polar surface area (TPSA) is 80.7 Å². The number of para-hydroxylation sites is 1. The molecule has 108 valence electrons. The fraction of sp³-hybridized carbons (Fsp3) is 0.200. The number of hydrogen-bond donors (Lipinski definition) is 1. The van der Waals surface area contributed by atoms with Crippen molar-refractivity contribution in [2.75, 3.05) is 6.61 Å². The molecule has 2 rings (SSSR count). The number of pyridine rings is 1. The lowest BCUT2D eigenvalue weighted by Gasteiger charge is -2.02. The highest BCUT2D eigenvalue weighted by Gasteiger charge is 2.08. The Morgan fingerprint density at radius 1 is 1.33 bits per heavy atom. The molecule has 1 N–H and O–H groups in total. The number of nitrogens with one attached hydrogen (secondary N) is 1. The van der Waals surface area contributed by atoms with E-state index in [2.05, 4.69) is 20.2 Å². The van der Waals surface area contributed by atoms with Crippen LogP contribution in [0, 0.1) is 0 Å². The number of fused-ring (bicyclic) bond motifs is 1. The van der Waals surface area contributed by atoms with E-state index in [4.69, 9.17) is 0 Å². The van der Waals surface area contributed by atoms with E-state index in [9.17, 15) is 9.59 Å². The molecular weight excluding hydrogens is 270 g/mol. The van der Waals surface area contributed by atoms with E-state index in [0.717, 1.165) is 16.5 Å². The third kappa shape index (κ3) is 4.10. The molecule has 0 spiro atoms. The second-order valence-corrected chi connectivity index (χ2v) is 4.19. The summed E-state index contributed by atoms with van der Waals surface area (Å²) in [5.41, 5.74) is 3.97. The van der Waals surface area contributed by atoms with Crippen LogP contribution in [0.5, 0.6) is 0 Å². The summed E-state index contributed by atoms with van der Waals surface area (Å²) in [7, 11) is 0. The van der Waals surface area contributed by atoms with Crippen molar-refractivity contribution in [1.82, 2.24) is 10.4 Å². The van der Waals surface area contributed by atoms with Crippen molar-refractivity contribution in [2.45, 2.75) is 13.3 Å². The molecule has 6 heteroatoms. The Labute approximate surface area is 121 Å². The molecule has 1 amide bonds. The lowest BCUT2D eigenvalue weighted by molar-refractivity contribution is -0.145. The predicted molar refractivity (Wildman–Crippen MR) is 78.7 cm³/mol. The molecule has 1 aromatic heterocycles. The van der Waals surface area contributed by atoms with Crippen LogP contribution in [0.1, 0.15) is 18.9 Å². The molecule has 2 aromatic rings. The Hall–Kier alpha value is -2.76. The van der Waals surface area contributed by atoms with Crippen LogP contribution in [0.2, 0.25) is 0 Å². The van der Waals surface area contributed by atoms with Gasteiger partial charge in [-0.1, -0.05) is 18.2 Å². The van der Waals surface area contributed by atoms with E-state index < -0.39 is 11.9 Å². The van der Waals surface area contributed by atoms with E-state index >= 15 is 0 Å². The number of hydrogen-bond acceptors (Lipinski definition) is 5. The SMILES string of the molecule is CCOC(=O)CC(=O)N/N=C/c1ccnc2ccccc12. The van der Waals surface area contributed by atoms with Gasteiger partial charge in [-0.3, -0.25) is 14.6 Å². The van der Waals surface area contributed by atoms with Crippen molar-refractivity contribution in [3.8, 4) is 0 Å². The van der Waals surface area contributed by atoms with Gasteiger partial charge in [0, 0.05) is 17.1 Å². The van der Waals surface area contributed by atoms with Gasteiger partial charge in [-0.2, -0.15) is 5.10 Å². The van der Waals surface area contributed by atoms with Crippen LogP contribution in [-0.2, 0) is 14.3 Å². The third-order valence-corrected chi connectivity index (χ3v) is 2.69. The van der Waals surface area contributed by atoms with Crippen LogP contribution in [0.4, 0.5) is 0 Å². The number of carbonyl (C=O) groups excluding carboxylic acids is 2. The highest BCUT2D eigenvalue weighted by Crippen LogP contribution is 2.13. The molecule has 0 aliphatic carbocycles. The molecule has 0 atom stereocenters. The number of carbonyl (C=O) groups is 2. The summed E-state index contributed by atoms with van der Waals surface area (Å²) < 4.78 is 4.67. The van der Waals surface area contributed by atoms with E-state index in [1.165, 1.54) is 6.21 Å². The number of benzene rings is 1. The smallest absolute Gasteiger partial charge is 0.315 e. The minimum Gasteiger partial charge on any atom is -0.466 e. The Kier molecular flexibility index (Phi) is 4.98. The second-order valence-electron chi connectivity index (χ2n) is 4.19. The van der Waals surface area contributed by atoms with E-state index in [0.29, 0.717) is 0 Å². The Balaban J connectivity index is 2.00. The van der Waals surface area contributed by atoms with Crippen LogP contribution < -0.4 is 5.43 Å². The van der Waals surface area contributed by atoms with Gasteiger partial charge in [-0.15, -0.1) is 0 Å². The average Bonchev–Trinajstić information content (AvgIpc) is 2.47. The second kappa shape index (κ2) is 7.14. The lowest BCUT2D eigenvalue weighted by Crippen LogP contribution is -2.22. The maximum atomic E-state index is 11.4. The first-order valence-corrected chi connectivity index (χ1v) is 6.52. The minimum absolute atomic E-state index is 0.248. The van der Waals surface area contributed by atoms with Crippen molar-refractivity contribution in [3.63, 3.8) is 0 Å². The predicted octanol–water partition coefficient (Wildman–Crippen LogP) is 1.64. The lowest BCUT2D eigenvalue weighted by atomic mass is 10.1. The quantitative estimate of drug-likeness (QED) is 0.392. The first-order valence-electron chi connectivity index (χ1n) is 6.52. The van der Waals surface area contributed by atoms with Crippen LogP contribution >= 0.6 is 0 Å². The van der Waals surface area contributed by atoms with Crippen molar-refractivity contribution >= 4 is 29.0 Å². The van der Waals surface area contributed by atoms with Crippen LogP contribution in [0.3, 0.4) is 0 Å². The molecular formula is C15H15N3O3. The van der Waals surface area contributed by atoms with Crippen LogP contribution in [-0.4, -0.2) is 29.7 Å². The zero-order valence-electron chi connectivity index (χ0n) is 11.6. The molecule has 1 aromatic carbocycles. The normalized spacial score (nSPS) is 10.7. The first-order chi connectivity index (χ1) is 10.2. The fourth-order valence-corrected chi connectivity index (χ4v) is 1.79. The van der Waals surface area contributed by atoms with E-state index in [1.807, 2.05) is 24.3 Å². The summed E-state index contributed by atoms with van der Waals surface area (Å²) >= 11 is 0. The first kappa shape index (κ1) is 14.6.